The number of Topliss-reactive ketones (excluding diaryl/α,β-unsaturated/α-hetero) is 1. The number of hydrogen-bond donors (Lipinski definition) is 0. The molecule has 20 heavy (non-hydrogen) atoms. The van der Waals surface area contributed by atoms with Crippen LogP contribution in [-0.2, 0) is 20.0 Å². The smallest absolute Gasteiger partial charge is 0.147 e. The Morgan fingerprint density at radius 1 is 1.10 bits per heavy atom. The molecule has 1 aromatic carbocycles. The zero-order valence-electron chi connectivity index (χ0n) is 12.0. The molecule has 0 atom stereocenters. The van der Waals surface area contributed by atoms with Crippen molar-refractivity contribution in [1.82, 2.24) is 0 Å². The summed E-state index contributed by atoms with van der Waals surface area (Å²) in [5, 5.41) is 0. The van der Waals surface area contributed by atoms with Crippen LogP contribution in [0, 0.1) is 0 Å². The molecule has 0 amide bonds. The van der Waals surface area contributed by atoms with Crippen molar-refractivity contribution in [3.05, 3.63) is 35.9 Å². The predicted molar refractivity (Wildman–Crippen MR) is 80.5 cm³/mol. The third-order valence-corrected chi connectivity index (χ3v) is 5.21. The number of carbonyl (C=O) groups is 1. The molecule has 0 aliphatic heterocycles. The van der Waals surface area contributed by atoms with Gasteiger partial charge in [0.2, 0.25) is 0 Å². The van der Waals surface area contributed by atoms with E-state index in [0.717, 1.165) is 37.7 Å². The largest absolute Gasteiger partial charge is 0.299 e. The van der Waals surface area contributed by atoms with Gasteiger partial charge in [-0.3, -0.25) is 4.79 Å². The Balaban J connectivity index is 2.26. The molecule has 1 aliphatic carbocycles. The lowest BCUT2D eigenvalue weighted by molar-refractivity contribution is -0.125. The number of rotatable bonds is 5. The molecule has 2 rings (SSSR count). The van der Waals surface area contributed by atoms with Gasteiger partial charge in [-0.1, -0.05) is 49.6 Å². The normalized spacial score (nSPS) is 18.6. The Hall–Kier alpha value is -1.16. The van der Waals surface area contributed by atoms with Gasteiger partial charge in [0.1, 0.15) is 15.6 Å². The predicted octanol–water partition coefficient (Wildman–Crippen LogP) is 2.89. The summed E-state index contributed by atoms with van der Waals surface area (Å²) in [5.41, 5.74) is 0.600. The minimum absolute atomic E-state index is 0.0413. The van der Waals surface area contributed by atoms with Crippen LogP contribution in [-0.4, -0.2) is 26.2 Å². The van der Waals surface area contributed by atoms with Gasteiger partial charge < -0.3 is 0 Å². The van der Waals surface area contributed by atoms with E-state index in [1.807, 2.05) is 30.3 Å². The number of hydrogen-bond acceptors (Lipinski definition) is 3. The standard InChI is InChI=1S/C16H22O3S/c1-20(18,19)13-10-15(17)16(11-6-3-7-12-16)14-8-4-2-5-9-14/h2,4-5,8-9H,3,6-7,10-13H2,1H3. The molecule has 0 heterocycles. The molecule has 0 bridgehead atoms. The second kappa shape index (κ2) is 6.08. The van der Waals surface area contributed by atoms with Crippen LogP contribution in [0.2, 0.25) is 0 Å². The third-order valence-electron chi connectivity index (χ3n) is 4.27. The molecule has 0 unspecified atom stereocenters. The van der Waals surface area contributed by atoms with Crippen LogP contribution in [0.5, 0.6) is 0 Å². The summed E-state index contributed by atoms with van der Waals surface area (Å²) in [7, 11) is -3.09. The molecule has 0 aromatic heterocycles. The third kappa shape index (κ3) is 3.48. The average molecular weight is 294 g/mol. The van der Waals surface area contributed by atoms with Crippen molar-refractivity contribution >= 4 is 15.6 Å². The first-order chi connectivity index (χ1) is 9.44. The molecule has 0 N–H and O–H groups in total. The van der Waals surface area contributed by atoms with Crippen LogP contribution in [0.1, 0.15) is 44.1 Å². The molecule has 110 valence electrons. The van der Waals surface area contributed by atoms with Gasteiger partial charge in [0.15, 0.2) is 0 Å². The van der Waals surface area contributed by atoms with Crippen molar-refractivity contribution in [3.63, 3.8) is 0 Å². The SMILES string of the molecule is CS(=O)(=O)CCC(=O)C1(c2ccccc2)CCCCC1. The van der Waals surface area contributed by atoms with Crippen LogP contribution >= 0.6 is 0 Å². The van der Waals surface area contributed by atoms with E-state index in [1.54, 1.807) is 0 Å². The molecule has 3 nitrogen and oxygen atoms in total. The number of carbonyl (C=O) groups excluding carboxylic acids is 1. The van der Waals surface area contributed by atoms with Crippen molar-refractivity contribution in [3.8, 4) is 0 Å². The van der Waals surface area contributed by atoms with Crippen LogP contribution in [0.4, 0.5) is 0 Å². The number of sulfone groups is 1. The Morgan fingerprint density at radius 3 is 2.25 bits per heavy atom. The lowest BCUT2D eigenvalue weighted by atomic mass is 9.66. The summed E-state index contributed by atoms with van der Waals surface area (Å²) in [6.07, 6.45) is 6.26. The van der Waals surface area contributed by atoms with Gasteiger partial charge in [-0.2, -0.15) is 0 Å². The fraction of sp³-hybridized carbons (Fsp3) is 0.562. The van der Waals surface area contributed by atoms with Crippen molar-refractivity contribution in [2.45, 2.75) is 43.9 Å². The van der Waals surface area contributed by atoms with E-state index in [1.165, 1.54) is 6.26 Å². The van der Waals surface area contributed by atoms with E-state index in [9.17, 15) is 13.2 Å². The Kier molecular flexibility index (Phi) is 4.63. The van der Waals surface area contributed by atoms with Crippen molar-refractivity contribution in [2.24, 2.45) is 0 Å². The molecule has 1 aliphatic rings. The van der Waals surface area contributed by atoms with E-state index < -0.39 is 15.3 Å². The average Bonchev–Trinajstić information content (AvgIpc) is 2.45. The molecular formula is C16H22O3S. The van der Waals surface area contributed by atoms with E-state index in [2.05, 4.69) is 0 Å². The lowest BCUT2D eigenvalue weighted by Crippen LogP contribution is -2.38. The number of benzene rings is 1. The summed E-state index contributed by atoms with van der Waals surface area (Å²) in [6, 6.07) is 9.86. The van der Waals surface area contributed by atoms with E-state index in [0.29, 0.717) is 0 Å². The zero-order valence-corrected chi connectivity index (χ0v) is 12.8. The molecule has 0 saturated heterocycles. The van der Waals surface area contributed by atoms with Crippen LogP contribution in [0.3, 0.4) is 0 Å². The molecule has 0 spiro atoms. The second-order valence-electron chi connectivity index (χ2n) is 5.81. The quantitative estimate of drug-likeness (QED) is 0.839. The maximum absolute atomic E-state index is 12.7. The van der Waals surface area contributed by atoms with Gasteiger partial charge in [-0.05, 0) is 18.4 Å². The summed E-state index contributed by atoms with van der Waals surface area (Å²) < 4.78 is 22.6. The highest BCUT2D eigenvalue weighted by Gasteiger charge is 2.40. The van der Waals surface area contributed by atoms with Gasteiger partial charge >= 0.3 is 0 Å². The first-order valence-electron chi connectivity index (χ1n) is 7.21. The Labute approximate surface area is 121 Å². The van der Waals surface area contributed by atoms with E-state index in [4.69, 9.17) is 0 Å². The lowest BCUT2D eigenvalue weighted by Gasteiger charge is -2.36. The minimum atomic E-state index is -3.09. The van der Waals surface area contributed by atoms with E-state index in [-0.39, 0.29) is 18.0 Å². The highest BCUT2D eigenvalue weighted by Crippen LogP contribution is 2.41. The van der Waals surface area contributed by atoms with Gasteiger partial charge in [0, 0.05) is 12.7 Å². The topological polar surface area (TPSA) is 51.2 Å². The highest BCUT2D eigenvalue weighted by atomic mass is 32.2. The first-order valence-corrected chi connectivity index (χ1v) is 9.27. The molecular weight excluding hydrogens is 272 g/mol. The maximum Gasteiger partial charge on any atom is 0.147 e. The van der Waals surface area contributed by atoms with Crippen molar-refractivity contribution in [1.29, 1.82) is 0 Å². The van der Waals surface area contributed by atoms with Gasteiger partial charge in [0.25, 0.3) is 0 Å². The Bertz CT molecular complexity index is 555. The van der Waals surface area contributed by atoms with Crippen LogP contribution in [0.15, 0.2) is 30.3 Å². The summed E-state index contributed by atoms with van der Waals surface area (Å²) in [5.74, 6) is 0.0503. The molecule has 4 heteroatoms. The molecule has 0 radical (unpaired) electrons. The van der Waals surface area contributed by atoms with Crippen molar-refractivity contribution in [2.75, 3.05) is 12.0 Å². The summed E-state index contributed by atoms with van der Waals surface area (Å²) in [6.45, 7) is 0. The minimum Gasteiger partial charge on any atom is -0.299 e. The monoisotopic (exact) mass is 294 g/mol. The first kappa shape index (κ1) is 15.2. The van der Waals surface area contributed by atoms with Gasteiger partial charge in [-0.15, -0.1) is 0 Å². The molecule has 1 aromatic rings. The zero-order chi connectivity index (χ0) is 14.6. The van der Waals surface area contributed by atoms with E-state index >= 15 is 0 Å². The number of ketones is 1. The molecule has 1 fully saturated rings. The Morgan fingerprint density at radius 2 is 1.70 bits per heavy atom. The van der Waals surface area contributed by atoms with Gasteiger partial charge in [-0.25, -0.2) is 8.42 Å². The second-order valence-corrected chi connectivity index (χ2v) is 8.07. The van der Waals surface area contributed by atoms with Gasteiger partial charge in [0.05, 0.1) is 11.2 Å². The fourth-order valence-electron chi connectivity index (χ4n) is 3.16. The fourth-order valence-corrected chi connectivity index (χ4v) is 3.71. The van der Waals surface area contributed by atoms with Crippen molar-refractivity contribution < 1.29 is 13.2 Å². The van der Waals surface area contributed by atoms with Crippen LogP contribution in [0.25, 0.3) is 0 Å². The summed E-state index contributed by atoms with van der Waals surface area (Å²) >= 11 is 0. The van der Waals surface area contributed by atoms with Crippen LogP contribution < -0.4 is 0 Å². The summed E-state index contributed by atoms with van der Waals surface area (Å²) in [4.78, 5) is 12.7. The maximum atomic E-state index is 12.7. The molecule has 1 saturated carbocycles. The highest BCUT2D eigenvalue weighted by molar-refractivity contribution is 7.90.